The number of hydrogen-bond acceptors (Lipinski definition) is 5. The largest absolute Gasteiger partial charge is 0.361 e. The van der Waals surface area contributed by atoms with Crippen LogP contribution in [0.25, 0.3) is 0 Å². The van der Waals surface area contributed by atoms with Gasteiger partial charge in [-0.25, -0.2) is 4.98 Å². The standard InChI is InChI=1S/C16H21N3O2S/c1-5-19(6-2)16(20)13-8-7-9-17-15(13)22-10-14-11(3)18-21-12(14)4/h7-9H,5-6,10H2,1-4H3. The van der Waals surface area contributed by atoms with Crippen molar-refractivity contribution in [2.45, 2.75) is 38.5 Å². The first kappa shape index (κ1) is 16.5. The van der Waals surface area contributed by atoms with Crippen molar-refractivity contribution in [2.75, 3.05) is 13.1 Å². The van der Waals surface area contributed by atoms with Crippen LogP contribution in [-0.2, 0) is 5.75 Å². The average molecular weight is 319 g/mol. The molecule has 0 bridgehead atoms. The van der Waals surface area contributed by atoms with E-state index in [2.05, 4.69) is 10.1 Å². The predicted molar refractivity (Wildman–Crippen MR) is 87.0 cm³/mol. The van der Waals surface area contributed by atoms with Crippen LogP contribution in [-0.4, -0.2) is 34.0 Å². The van der Waals surface area contributed by atoms with Gasteiger partial charge in [-0.1, -0.05) is 5.16 Å². The number of pyridine rings is 1. The number of amides is 1. The molecule has 2 rings (SSSR count). The highest BCUT2D eigenvalue weighted by Crippen LogP contribution is 2.27. The number of carbonyl (C=O) groups excluding carboxylic acids is 1. The summed E-state index contributed by atoms with van der Waals surface area (Å²) in [6.45, 7) is 9.17. The molecule has 2 aromatic heterocycles. The zero-order valence-corrected chi connectivity index (χ0v) is 14.2. The molecular formula is C16H21N3O2S. The van der Waals surface area contributed by atoms with Crippen molar-refractivity contribution in [3.05, 3.63) is 40.9 Å². The molecule has 22 heavy (non-hydrogen) atoms. The SMILES string of the molecule is CCN(CC)C(=O)c1cccnc1SCc1c(C)noc1C. The molecule has 5 nitrogen and oxygen atoms in total. The van der Waals surface area contributed by atoms with Crippen LogP contribution >= 0.6 is 11.8 Å². The molecular weight excluding hydrogens is 298 g/mol. The molecule has 1 amide bonds. The summed E-state index contributed by atoms with van der Waals surface area (Å²) in [5.74, 6) is 1.54. The van der Waals surface area contributed by atoms with Gasteiger partial charge in [0.1, 0.15) is 10.8 Å². The van der Waals surface area contributed by atoms with Crippen LogP contribution in [0.3, 0.4) is 0 Å². The fourth-order valence-electron chi connectivity index (χ4n) is 2.20. The minimum absolute atomic E-state index is 0.0272. The van der Waals surface area contributed by atoms with Crippen LogP contribution in [0.5, 0.6) is 0 Å². The zero-order valence-electron chi connectivity index (χ0n) is 13.4. The predicted octanol–water partition coefficient (Wildman–Crippen LogP) is 3.46. The highest BCUT2D eigenvalue weighted by Gasteiger charge is 2.18. The minimum atomic E-state index is 0.0272. The van der Waals surface area contributed by atoms with E-state index < -0.39 is 0 Å². The first-order valence-corrected chi connectivity index (χ1v) is 8.35. The van der Waals surface area contributed by atoms with Gasteiger partial charge in [-0.2, -0.15) is 0 Å². The van der Waals surface area contributed by atoms with Gasteiger partial charge in [-0.15, -0.1) is 11.8 Å². The summed E-state index contributed by atoms with van der Waals surface area (Å²) in [6.07, 6.45) is 1.72. The molecule has 0 aromatic carbocycles. The molecule has 0 aliphatic heterocycles. The lowest BCUT2D eigenvalue weighted by Gasteiger charge is -2.19. The third-order valence-electron chi connectivity index (χ3n) is 3.59. The van der Waals surface area contributed by atoms with Gasteiger partial charge < -0.3 is 9.42 Å². The van der Waals surface area contributed by atoms with Gasteiger partial charge in [0.2, 0.25) is 0 Å². The quantitative estimate of drug-likeness (QED) is 0.763. The molecule has 0 fully saturated rings. The lowest BCUT2D eigenvalue weighted by Crippen LogP contribution is -2.31. The Morgan fingerprint density at radius 3 is 2.64 bits per heavy atom. The van der Waals surface area contributed by atoms with E-state index in [1.807, 2.05) is 33.8 Å². The van der Waals surface area contributed by atoms with E-state index in [9.17, 15) is 4.79 Å². The Bertz CT molecular complexity index is 631. The van der Waals surface area contributed by atoms with Crippen LogP contribution in [0.15, 0.2) is 27.9 Å². The highest BCUT2D eigenvalue weighted by molar-refractivity contribution is 7.98. The molecule has 0 spiro atoms. The van der Waals surface area contributed by atoms with Gasteiger partial charge in [-0.3, -0.25) is 4.79 Å². The van der Waals surface area contributed by atoms with Gasteiger partial charge in [0.05, 0.1) is 11.3 Å². The third kappa shape index (κ3) is 3.50. The lowest BCUT2D eigenvalue weighted by molar-refractivity contribution is 0.0768. The molecule has 0 aliphatic carbocycles. The molecule has 0 saturated carbocycles. The first-order chi connectivity index (χ1) is 10.6. The number of carbonyl (C=O) groups is 1. The summed E-state index contributed by atoms with van der Waals surface area (Å²) >= 11 is 1.54. The molecule has 2 aromatic rings. The Morgan fingerprint density at radius 1 is 1.32 bits per heavy atom. The van der Waals surface area contributed by atoms with Crippen LogP contribution in [0.2, 0.25) is 0 Å². The second kappa shape index (κ2) is 7.45. The topological polar surface area (TPSA) is 59.2 Å². The number of thioether (sulfide) groups is 1. The summed E-state index contributed by atoms with van der Waals surface area (Å²) in [5, 5.41) is 4.71. The molecule has 0 saturated heterocycles. The number of rotatable bonds is 6. The summed E-state index contributed by atoms with van der Waals surface area (Å²) in [5.41, 5.74) is 2.61. The maximum atomic E-state index is 12.6. The smallest absolute Gasteiger partial charge is 0.256 e. The second-order valence-electron chi connectivity index (χ2n) is 4.92. The van der Waals surface area contributed by atoms with E-state index in [4.69, 9.17) is 4.52 Å². The van der Waals surface area contributed by atoms with E-state index in [-0.39, 0.29) is 5.91 Å². The van der Waals surface area contributed by atoms with E-state index in [1.165, 1.54) is 0 Å². The van der Waals surface area contributed by atoms with Crippen LogP contribution in [0.1, 0.15) is 41.2 Å². The monoisotopic (exact) mass is 319 g/mol. The molecule has 2 heterocycles. The van der Waals surface area contributed by atoms with Crippen molar-refractivity contribution in [1.82, 2.24) is 15.0 Å². The maximum absolute atomic E-state index is 12.6. The fourth-order valence-corrected chi connectivity index (χ4v) is 3.34. The summed E-state index contributed by atoms with van der Waals surface area (Å²) < 4.78 is 5.18. The van der Waals surface area contributed by atoms with E-state index >= 15 is 0 Å². The van der Waals surface area contributed by atoms with Crippen LogP contribution in [0, 0.1) is 13.8 Å². The number of aromatic nitrogens is 2. The van der Waals surface area contributed by atoms with Gasteiger partial charge in [-0.05, 0) is 39.8 Å². The van der Waals surface area contributed by atoms with Gasteiger partial charge in [0, 0.05) is 30.6 Å². The Labute approximate surface area is 135 Å². The molecule has 0 radical (unpaired) electrons. The van der Waals surface area contributed by atoms with Gasteiger partial charge in [0.25, 0.3) is 5.91 Å². The molecule has 6 heteroatoms. The number of aryl methyl sites for hydroxylation is 2. The molecule has 118 valence electrons. The number of nitrogens with zero attached hydrogens (tertiary/aromatic N) is 3. The summed E-state index contributed by atoms with van der Waals surface area (Å²) in [4.78, 5) is 18.7. The third-order valence-corrected chi connectivity index (χ3v) is 4.62. The molecule has 0 aliphatic rings. The zero-order chi connectivity index (χ0) is 16.1. The molecule has 0 N–H and O–H groups in total. The van der Waals surface area contributed by atoms with Crippen molar-refractivity contribution in [2.24, 2.45) is 0 Å². The fraction of sp³-hybridized carbons (Fsp3) is 0.438. The van der Waals surface area contributed by atoms with E-state index in [0.717, 1.165) is 22.0 Å². The maximum Gasteiger partial charge on any atom is 0.256 e. The summed E-state index contributed by atoms with van der Waals surface area (Å²) in [6, 6.07) is 3.64. The summed E-state index contributed by atoms with van der Waals surface area (Å²) in [7, 11) is 0. The van der Waals surface area contributed by atoms with E-state index in [0.29, 0.717) is 24.4 Å². The Morgan fingerprint density at radius 2 is 2.05 bits per heavy atom. The number of hydrogen-bond donors (Lipinski definition) is 0. The Hall–Kier alpha value is -1.82. The van der Waals surface area contributed by atoms with Crippen molar-refractivity contribution in [3.63, 3.8) is 0 Å². The Balaban J connectivity index is 2.20. The van der Waals surface area contributed by atoms with Crippen molar-refractivity contribution in [1.29, 1.82) is 0 Å². The van der Waals surface area contributed by atoms with Gasteiger partial charge in [0.15, 0.2) is 0 Å². The average Bonchev–Trinajstić information content (AvgIpc) is 2.85. The first-order valence-electron chi connectivity index (χ1n) is 7.37. The molecule has 0 unspecified atom stereocenters. The van der Waals surface area contributed by atoms with Crippen LogP contribution < -0.4 is 0 Å². The van der Waals surface area contributed by atoms with Gasteiger partial charge >= 0.3 is 0 Å². The minimum Gasteiger partial charge on any atom is -0.361 e. The van der Waals surface area contributed by atoms with Crippen molar-refractivity contribution in [3.8, 4) is 0 Å². The molecule has 0 atom stereocenters. The highest BCUT2D eigenvalue weighted by atomic mass is 32.2. The second-order valence-corrected chi connectivity index (χ2v) is 5.89. The van der Waals surface area contributed by atoms with E-state index in [1.54, 1.807) is 28.9 Å². The van der Waals surface area contributed by atoms with Crippen LogP contribution in [0.4, 0.5) is 0 Å². The lowest BCUT2D eigenvalue weighted by atomic mass is 10.2. The Kier molecular flexibility index (Phi) is 5.60. The van der Waals surface area contributed by atoms with Crippen molar-refractivity contribution < 1.29 is 9.32 Å². The normalized spacial score (nSPS) is 10.7. The van der Waals surface area contributed by atoms with Crippen molar-refractivity contribution >= 4 is 17.7 Å².